The average molecular weight is 1050 g/mol. The van der Waals surface area contributed by atoms with E-state index in [9.17, 15) is 39.6 Å². The lowest BCUT2D eigenvalue weighted by Gasteiger charge is -2.35. The van der Waals surface area contributed by atoms with Gasteiger partial charge in [-0.2, -0.15) is 29.9 Å². The number of hydrogen-bond donors (Lipinski definition) is 12. The van der Waals surface area contributed by atoms with Crippen molar-refractivity contribution in [2.45, 2.75) is 49.9 Å². The topological polar surface area (TPSA) is 344 Å². The van der Waals surface area contributed by atoms with Gasteiger partial charge in [-0.05, 0) is 46.5 Å². The molecule has 1 aliphatic heterocycles. The third kappa shape index (κ3) is 10.8. The quantitative estimate of drug-likeness (QED) is 0.0385. The molecule has 1 aliphatic rings. The second-order valence-corrected chi connectivity index (χ2v) is 18.9. The molecule has 6 aromatic heterocycles. The Bertz CT molecular complexity index is 3370. The van der Waals surface area contributed by atoms with E-state index in [4.69, 9.17) is 19.9 Å². The number of para-hydroxylation sites is 4. The molecule has 0 unspecified atom stereocenters. The van der Waals surface area contributed by atoms with E-state index in [1.165, 1.54) is 0 Å². The number of carbonyl (C=O) groups is 4. The molecule has 0 bridgehead atoms. The highest BCUT2D eigenvalue weighted by atomic mass is 16.4. The SMILES string of the molecule is O=C(O)[C@H](Cc1c[nH]c2ccccc12)Nc1nc(N[C@@H](Cc2c[nH]c3ccccc23)C(=O)O)nc(N2CCN(c3nc(N[C@@H](Cc4c[nH]c5ccccc45)C(=O)O)nc(N[C@@H](Cc4c[nH]c5ccccc45)C(=O)O)n3)CC2)n1. The van der Waals surface area contributed by atoms with Crippen LogP contribution in [-0.4, -0.2) is 144 Å². The van der Waals surface area contributed by atoms with E-state index in [1.807, 2.05) is 107 Å². The summed E-state index contributed by atoms with van der Waals surface area (Å²) < 4.78 is 0. The van der Waals surface area contributed by atoms with Gasteiger partial charge in [-0.15, -0.1) is 0 Å². The number of fused-ring (bicyclic) bond motifs is 4. The van der Waals surface area contributed by atoms with Crippen molar-refractivity contribution in [3.8, 4) is 0 Å². The number of piperazine rings is 1. The van der Waals surface area contributed by atoms with Crippen LogP contribution in [0.4, 0.5) is 35.7 Å². The van der Waals surface area contributed by atoms with Crippen molar-refractivity contribution < 1.29 is 39.6 Å². The maximum absolute atomic E-state index is 12.9. The van der Waals surface area contributed by atoms with E-state index in [1.54, 1.807) is 24.8 Å². The molecule has 0 saturated carbocycles. The second kappa shape index (κ2) is 21.5. The molecule has 0 amide bonds. The number of carboxylic acid groups (broad SMARTS) is 4. The van der Waals surface area contributed by atoms with E-state index >= 15 is 0 Å². The van der Waals surface area contributed by atoms with Crippen LogP contribution in [0.5, 0.6) is 0 Å². The molecule has 10 aromatic rings. The Morgan fingerprint density at radius 3 is 0.846 bits per heavy atom. The first-order valence-electron chi connectivity index (χ1n) is 25.1. The number of aromatic amines is 4. The van der Waals surface area contributed by atoms with Gasteiger partial charge in [0.25, 0.3) is 0 Å². The highest BCUT2D eigenvalue weighted by Gasteiger charge is 2.30. The Morgan fingerprint density at radius 2 is 0.615 bits per heavy atom. The monoisotopic (exact) mass is 1050 g/mol. The van der Waals surface area contributed by atoms with Gasteiger partial charge in [0.1, 0.15) is 24.2 Å². The summed E-state index contributed by atoms with van der Waals surface area (Å²) in [6.45, 7) is 0.913. The first-order chi connectivity index (χ1) is 37.9. The van der Waals surface area contributed by atoms with E-state index in [2.05, 4.69) is 51.2 Å². The number of H-pyrrole nitrogens is 4. The van der Waals surface area contributed by atoms with Crippen LogP contribution in [0, 0.1) is 0 Å². The van der Waals surface area contributed by atoms with Gasteiger partial charge < -0.3 is 71.4 Å². The smallest absolute Gasteiger partial charge is 0.326 e. The van der Waals surface area contributed by atoms with Crippen LogP contribution >= 0.6 is 0 Å². The lowest BCUT2D eigenvalue weighted by atomic mass is 10.1. The van der Waals surface area contributed by atoms with Gasteiger partial charge in [0.15, 0.2) is 0 Å². The first kappa shape index (κ1) is 49.9. The van der Waals surface area contributed by atoms with Crippen LogP contribution in [0.25, 0.3) is 43.6 Å². The fourth-order valence-corrected chi connectivity index (χ4v) is 9.88. The minimum Gasteiger partial charge on any atom is -0.480 e. The number of aromatic nitrogens is 10. The Morgan fingerprint density at radius 1 is 0.385 bits per heavy atom. The number of carboxylic acids is 4. The van der Waals surface area contributed by atoms with Gasteiger partial charge >= 0.3 is 23.9 Å². The Balaban J connectivity index is 0.883. The van der Waals surface area contributed by atoms with Gasteiger partial charge in [-0.3, -0.25) is 0 Å². The molecule has 78 heavy (non-hydrogen) atoms. The van der Waals surface area contributed by atoms with Gasteiger partial charge in [0.05, 0.1) is 0 Å². The molecular formula is C54H52N16O8. The summed E-state index contributed by atoms with van der Waals surface area (Å²) in [4.78, 5) is 95.8. The predicted molar refractivity (Wildman–Crippen MR) is 292 cm³/mol. The predicted octanol–water partition coefficient (Wildman–Crippen LogP) is 5.74. The summed E-state index contributed by atoms with van der Waals surface area (Å²) in [5.41, 5.74) is 6.34. The van der Waals surface area contributed by atoms with Gasteiger partial charge in [-0.25, -0.2) is 19.2 Å². The van der Waals surface area contributed by atoms with E-state index in [0.717, 1.165) is 65.9 Å². The highest BCUT2D eigenvalue weighted by molar-refractivity contribution is 5.88. The summed E-state index contributed by atoms with van der Waals surface area (Å²) in [5.74, 6) is -4.91. The Hall–Kier alpha value is -10.3. The number of nitrogens with zero attached hydrogens (tertiary/aromatic N) is 8. The lowest BCUT2D eigenvalue weighted by Crippen LogP contribution is -2.48. The fourth-order valence-electron chi connectivity index (χ4n) is 9.88. The zero-order valence-electron chi connectivity index (χ0n) is 41.5. The molecule has 4 atom stereocenters. The fraction of sp³-hybridized carbons (Fsp3) is 0.222. The van der Waals surface area contributed by atoms with Crippen LogP contribution in [0.15, 0.2) is 122 Å². The van der Waals surface area contributed by atoms with Crippen molar-refractivity contribution in [3.05, 3.63) is 144 Å². The molecule has 7 heterocycles. The number of anilines is 6. The van der Waals surface area contributed by atoms with Crippen molar-refractivity contribution in [3.63, 3.8) is 0 Å². The number of aliphatic carboxylic acids is 4. The van der Waals surface area contributed by atoms with Crippen LogP contribution in [0.1, 0.15) is 22.3 Å². The van der Waals surface area contributed by atoms with E-state index < -0.39 is 48.0 Å². The standard InChI is InChI=1S/C54H52N16O8/c71-45(72)41(21-29-25-55-37-13-5-1-9-33(29)37)59-49-63-50(60-42(46(73)74)22-30-26-56-38-14-6-2-10-34(30)38)66-53(65-49)69-17-19-70(20-18-69)54-67-51(61-43(47(75)76)23-31-27-57-39-15-7-3-11-35(31)39)64-52(68-54)62-44(48(77)78)24-32-28-58-40-16-8-4-12-36(32)40/h1-16,25-28,41-44,55-58H,17-24H2,(H,71,72)(H,73,74)(H,75,76)(H,77,78)(H2,59,60,63,65,66)(H2,61,62,64,67,68)/t41-,42-,43-,44-/m0/s1. The average Bonchev–Trinajstić information content (AvgIpc) is 4.27. The summed E-state index contributed by atoms with van der Waals surface area (Å²) >= 11 is 0. The van der Waals surface area contributed by atoms with Crippen molar-refractivity contribution in [1.29, 1.82) is 0 Å². The zero-order valence-corrected chi connectivity index (χ0v) is 41.5. The van der Waals surface area contributed by atoms with Crippen LogP contribution in [-0.2, 0) is 44.9 Å². The third-order valence-corrected chi connectivity index (χ3v) is 13.9. The Labute approximate surface area is 442 Å². The molecule has 0 radical (unpaired) electrons. The maximum Gasteiger partial charge on any atom is 0.326 e. The zero-order chi connectivity index (χ0) is 53.9. The summed E-state index contributed by atoms with van der Waals surface area (Å²) in [5, 5.41) is 57.4. The Kier molecular flexibility index (Phi) is 13.8. The minimum atomic E-state index is -1.22. The van der Waals surface area contributed by atoms with Gasteiger partial charge in [-0.1, -0.05) is 72.8 Å². The van der Waals surface area contributed by atoms with Crippen molar-refractivity contribution >= 4 is 103 Å². The molecule has 0 aliphatic carbocycles. The summed E-state index contributed by atoms with van der Waals surface area (Å²) in [6, 6.07) is 25.3. The summed E-state index contributed by atoms with van der Waals surface area (Å²) in [6.07, 6.45) is 7.21. The van der Waals surface area contributed by atoms with Crippen LogP contribution < -0.4 is 31.1 Å². The molecule has 1 saturated heterocycles. The molecule has 24 heteroatoms. The van der Waals surface area contributed by atoms with Crippen LogP contribution in [0.2, 0.25) is 0 Å². The van der Waals surface area contributed by atoms with E-state index in [-0.39, 0.29) is 87.6 Å². The molecule has 24 nitrogen and oxygen atoms in total. The number of nitrogens with one attached hydrogen (secondary N) is 8. The highest BCUT2D eigenvalue weighted by Crippen LogP contribution is 2.27. The number of rotatable bonds is 22. The molecule has 0 spiro atoms. The van der Waals surface area contributed by atoms with Crippen molar-refractivity contribution in [2.24, 2.45) is 0 Å². The molecule has 396 valence electrons. The third-order valence-electron chi connectivity index (χ3n) is 13.9. The van der Waals surface area contributed by atoms with Gasteiger partial charge in [0.2, 0.25) is 35.7 Å². The first-order valence-corrected chi connectivity index (χ1v) is 25.1. The second-order valence-electron chi connectivity index (χ2n) is 18.9. The molecule has 11 rings (SSSR count). The molecule has 4 aromatic carbocycles. The van der Waals surface area contributed by atoms with Crippen molar-refractivity contribution in [1.82, 2.24) is 49.8 Å². The maximum atomic E-state index is 12.9. The molecular weight excluding hydrogens is 1000 g/mol. The summed E-state index contributed by atoms with van der Waals surface area (Å²) in [7, 11) is 0. The lowest BCUT2D eigenvalue weighted by molar-refractivity contribution is -0.138. The minimum absolute atomic E-state index is 0.0478. The largest absolute Gasteiger partial charge is 0.480 e. The normalized spacial score (nSPS) is 14.3. The molecule has 12 N–H and O–H groups in total. The number of hydrogen-bond acceptors (Lipinski definition) is 16. The van der Waals surface area contributed by atoms with Crippen LogP contribution in [0.3, 0.4) is 0 Å². The van der Waals surface area contributed by atoms with E-state index in [0.29, 0.717) is 0 Å². The van der Waals surface area contributed by atoms with Crippen molar-refractivity contribution in [2.75, 3.05) is 57.2 Å². The van der Waals surface area contributed by atoms with Gasteiger partial charge in [0, 0.05) is 120 Å². The number of benzene rings is 4. The molecule has 1 fully saturated rings.